The maximum Gasteiger partial charge on any atom is 0.135 e. The van der Waals surface area contributed by atoms with Crippen molar-refractivity contribution in [2.75, 3.05) is 0 Å². The van der Waals surface area contributed by atoms with Gasteiger partial charge in [-0.15, -0.1) is 11.3 Å². The van der Waals surface area contributed by atoms with Crippen molar-refractivity contribution in [3.05, 3.63) is 199 Å². The van der Waals surface area contributed by atoms with Gasteiger partial charge in [0.1, 0.15) is 11.3 Å². The van der Waals surface area contributed by atoms with Gasteiger partial charge in [-0.25, -0.2) is 0 Å². The molecule has 0 N–H and O–H groups in total. The normalized spacial score (nSPS) is 11.9. The molecule has 0 atom stereocenters. The SMILES string of the molecule is C/C=C\c1oc2ccc3cc4c(cc3c2c1C)sc1ccc(-c2ccc3cc(-c5ccccccc(-c6ccc7ccccc7c6)c6ccccc56)ccc3c2)cc14. The average Bonchev–Trinajstić information content (AvgIpc) is 3.79. The lowest BCUT2D eigenvalue weighted by Gasteiger charge is -2.11. The lowest BCUT2D eigenvalue weighted by atomic mass is 9.93. The van der Waals surface area contributed by atoms with E-state index in [9.17, 15) is 0 Å². The fraction of sp³-hybridized carbons (Fsp3) is 0.0357. The van der Waals surface area contributed by atoms with Crippen molar-refractivity contribution in [3.63, 3.8) is 0 Å². The van der Waals surface area contributed by atoms with Crippen molar-refractivity contribution in [3.8, 4) is 33.4 Å². The lowest BCUT2D eigenvalue weighted by molar-refractivity contribution is 0.601. The molecule has 0 spiro atoms. The van der Waals surface area contributed by atoms with Crippen molar-refractivity contribution in [2.45, 2.75) is 13.8 Å². The quantitative estimate of drug-likeness (QED) is 0.174. The van der Waals surface area contributed by atoms with Gasteiger partial charge < -0.3 is 4.42 Å². The zero-order chi connectivity index (χ0) is 38.7. The van der Waals surface area contributed by atoms with E-state index in [-0.39, 0.29) is 0 Å². The maximum atomic E-state index is 6.22. The summed E-state index contributed by atoms with van der Waals surface area (Å²) < 4.78 is 8.82. The molecule has 11 rings (SSSR count). The molecule has 0 radical (unpaired) electrons. The Morgan fingerprint density at radius 1 is 0.414 bits per heavy atom. The van der Waals surface area contributed by atoms with Gasteiger partial charge in [0, 0.05) is 31.1 Å². The van der Waals surface area contributed by atoms with Gasteiger partial charge in [0.15, 0.2) is 0 Å². The smallest absolute Gasteiger partial charge is 0.135 e. The molecule has 0 bridgehead atoms. The van der Waals surface area contributed by atoms with Gasteiger partial charge in [0.05, 0.1) is 0 Å². The van der Waals surface area contributed by atoms with Crippen LogP contribution in [0.4, 0.5) is 0 Å². The average molecular weight is 759 g/mol. The molecule has 0 aliphatic rings. The van der Waals surface area contributed by atoms with E-state index in [4.69, 9.17) is 4.42 Å². The van der Waals surface area contributed by atoms with Crippen LogP contribution in [0, 0.1) is 6.92 Å². The molecule has 2 heterocycles. The van der Waals surface area contributed by atoms with E-state index in [1.54, 1.807) is 0 Å². The molecule has 9 aromatic carbocycles. The predicted molar refractivity (Wildman–Crippen MR) is 253 cm³/mol. The molecule has 0 fully saturated rings. The monoisotopic (exact) mass is 758 g/mol. The summed E-state index contributed by atoms with van der Waals surface area (Å²) in [4.78, 5) is 0. The number of aryl methyl sites for hydroxylation is 1. The molecule has 0 unspecified atom stereocenters. The molecular formula is C56H38OS. The standard InChI is InChI=1S/C56H38OS/c1-3-12-52-35(2)56-49-34-55-51(33-44(49)25-27-53(56)57-52)50-32-41(26-28-54(50)58-55)39-20-21-40-31-43(24-22-38(40)29-39)46-16-7-5-4-6-15-45(47-17-10-11-18-48(46)47)42-23-19-36-13-8-9-14-37(36)30-42/h3-34H,1-2H3/b5-4?,6-4?,7-5?,12-3-,15-6?,16-7?,45-15?,46-16?,47-45?,48-46?. The Kier molecular flexibility index (Phi) is 8.20. The maximum absolute atomic E-state index is 6.22. The topological polar surface area (TPSA) is 13.1 Å². The van der Waals surface area contributed by atoms with Crippen LogP contribution < -0.4 is 0 Å². The molecule has 0 saturated carbocycles. The minimum atomic E-state index is 0.935. The van der Waals surface area contributed by atoms with Crippen LogP contribution in [0.25, 0.3) is 114 Å². The number of benzene rings is 8. The summed E-state index contributed by atoms with van der Waals surface area (Å²) >= 11 is 1.87. The van der Waals surface area contributed by atoms with Crippen molar-refractivity contribution >= 4 is 91.6 Å². The number of furan rings is 1. The van der Waals surface area contributed by atoms with E-state index in [2.05, 4.69) is 195 Å². The molecule has 0 aliphatic carbocycles. The van der Waals surface area contributed by atoms with Crippen molar-refractivity contribution in [2.24, 2.45) is 0 Å². The highest BCUT2D eigenvalue weighted by Crippen LogP contribution is 2.42. The number of hydrogen-bond acceptors (Lipinski definition) is 2. The highest BCUT2D eigenvalue weighted by Gasteiger charge is 2.15. The molecule has 1 nitrogen and oxygen atoms in total. The van der Waals surface area contributed by atoms with Gasteiger partial charge in [0.25, 0.3) is 0 Å². The Balaban J connectivity index is 1.00. The number of rotatable bonds is 4. The second kappa shape index (κ2) is 13.9. The molecule has 0 amide bonds. The minimum absolute atomic E-state index is 0.935. The molecule has 0 saturated heterocycles. The molecule has 58 heavy (non-hydrogen) atoms. The number of fused-ring (bicyclic) bond motifs is 9. The zero-order valence-electron chi connectivity index (χ0n) is 32.3. The first-order valence-corrected chi connectivity index (χ1v) is 20.7. The van der Waals surface area contributed by atoms with Crippen molar-refractivity contribution in [1.29, 1.82) is 0 Å². The van der Waals surface area contributed by atoms with E-state index in [0.717, 1.165) is 11.3 Å². The summed E-state index contributed by atoms with van der Waals surface area (Å²) in [5.41, 5.74) is 9.39. The predicted octanol–water partition coefficient (Wildman–Crippen LogP) is 16.9. The van der Waals surface area contributed by atoms with E-state index >= 15 is 0 Å². The van der Waals surface area contributed by atoms with E-state index in [1.807, 2.05) is 24.3 Å². The molecule has 2 aromatic heterocycles. The molecule has 0 aliphatic heterocycles. The summed E-state index contributed by atoms with van der Waals surface area (Å²) in [6, 6.07) is 67.0. The van der Waals surface area contributed by atoms with Crippen LogP contribution in [0.5, 0.6) is 0 Å². The molecule has 274 valence electrons. The van der Waals surface area contributed by atoms with Crippen LogP contribution in [0.2, 0.25) is 0 Å². The van der Waals surface area contributed by atoms with Crippen LogP contribution in [-0.4, -0.2) is 0 Å². The number of hydrogen-bond donors (Lipinski definition) is 0. The van der Waals surface area contributed by atoms with Crippen LogP contribution in [0.15, 0.2) is 192 Å². The number of allylic oxidation sites excluding steroid dienone is 1. The van der Waals surface area contributed by atoms with Crippen LogP contribution in [-0.2, 0) is 0 Å². The lowest BCUT2D eigenvalue weighted by Crippen LogP contribution is -1.85. The molecule has 11 aromatic rings. The second-order valence-corrected chi connectivity index (χ2v) is 16.3. The summed E-state index contributed by atoms with van der Waals surface area (Å²) in [5, 5.41) is 13.7. The fourth-order valence-corrected chi connectivity index (χ4v) is 9.98. The van der Waals surface area contributed by atoms with E-state index in [0.29, 0.717) is 0 Å². The third-order valence-electron chi connectivity index (χ3n) is 11.8. The first kappa shape index (κ1) is 34.3. The first-order chi connectivity index (χ1) is 28.6. The number of thiophene rings is 1. The van der Waals surface area contributed by atoms with Gasteiger partial charge in [-0.05, 0) is 145 Å². The van der Waals surface area contributed by atoms with E-state index in [1.165, 1.54) is 108 Å². The largest absolute Gasteiger partial charge is 0.456 e. The Bertz CT molecular complexity index is 3540. The zero-order valence-corrected chi connectivity index (χ0v) is 33.1. The van der Waals surface area contributed by atoms with Crippen LogP contribution in [0.3, 0.4) is 0 Å². The molecular weight excluding hydrogens is 721 g/mol. The Hall–Kier alpha value is -7.00. The van der Waals surface area contributed by atoms with Gasteiger partial charge in [-0.3, -0.25) is 0 Å². The summed E-state index contributed by atoms with van der Waals surface area (Å²) in [5.74, 6) is 0.935. The van der Waals surface area contributed by atoms with Crippen molar-refractivity contribution < 1.29 is 4.42 Å². The summed E-state index contributed by atoms with van der Waals surface area (Å²) in [6.45, 7) is 4.20. The first-order valence-electron chi connectivity index (χ1n) is 19.9. The summed E-state index contributed by atoms with van der Waals surface area (Å²) in [7, 11) is 0. The third-order valence-corrected chi connectivity index (χ3v) is 12.9. The highest BCUT2D eigenvalue weighted by molar-refractivity contribution is 7.25. The Morgan fingerprint density at radius 3 is 1.69 bits per heavy atom. The Morgan fingerprint density at radius 2 is 0.966 bits per heavy atom. The van der Waals surface area contributed by atoms with Gasteiger partial charge in [-0.1, -0.05) is 140 Å². The summed E-state index contributed by atoms with van der Waals surface area (Å²) in [6.07, 6.45) is 4.09. The van der Waals surface area contributed by atoms with E-state index < -0.39 is 0 Å². The van der Waals surface area contributed by atoms with Crippen LogP contribution >= 0.6 is 11.3 Å². The van der Waals surface area contributed by atoms with Crippen LogP contribution in [0.1, 0.15) is 18.2 Å². The molecule has 2 heteroatoms. The fourth-order valence-electron chi connectivity index (χ4n) is 8.87. The van der Waals surface area contributed by atoms with Gasteiger partial charge in [0.2, 0.25) is 0 Å². The van der Waals surface area contributed by atoms with Gasteiger partial charge in [-0.2, -0.15) is 0 Å². The highest BCUT2D eigenvalue weighted by atomic mass is 32.1. The van der Waals surface area contributed by atoms with Crippen molar-refractivity contribution in [1.82, 2.24) is 0 Å². The second-order valence-electron chi connectivity index (χ2n) is 15.2. The third kappa shape index (κ3) is 5.76. The minimum Gasteiger partial charge on any atom is -0.456 e. The van der Waals surface area contributed by atoms with Gasteiger partial charge >= 0.3 is 0 Å². The Labute approximate surface area is 341 Å².